The van der Waals surface area contributed by atoms with Crippen LogP contribution in [0.25, 0.3) is 5.65 Å². The molecule has 5 nitrogen and oxygen atoms in total. The van der Waals surface area contributed by atoms with Crippen LogP contribution in [0.4, 0.5) is 21.7 Å². The lowest BCUT2D eigenvalue weighted by Gasteiger charge is -2.09. The third-order valence-electron chi connectivity index (χ3n) is 2.72. The number of nitrogens with one attached hydrogen (secondary N) is 2. The monoisotopic (exact) mass is 257 g/mol. The van der Waals surface area contributed by atoms with Gasteiger partial charge < -0.3 is 15.0 Å². The van der Waals surface area contributed by atoms with Crippen molar-refractivity contribution in [1.82, 2.24) is 14.4 Å². The van der Waals surface area contributed by atoms with Gasteiger partial charge >= 0.3 is 0 Å². The molecular formula is C13H12FN5. The number of aromatic nitrogens is 3. The van der Waals surface area contributed by atoms with Crippen LogP contribution >= 0.6 is 0 Å². The minimum atomic E-state index is -0.297. The molecule has 0 bridgehead atoms. The van der Waals surface area contributed by atoms with Crippen LogP contribution in [0.1, 0.15) is 0 Å². The minimum absolute atomic E-state index is 0.297. The summed E-state index contributed by atoms with van der Waals surface area (Å²) >= 11 is 0. The van der Waals surface area contributed by atoms with Crippen molar-refractivity contribution in [1.29, 1.82) is 0 Å². The quantitative estimate of drug-likeness (QED) is 0.757. The van der Waals surface area contributed by atoms with Crippen LogP contribution in [0, 0.1) is 5.82 Å². The molecular weight excluding hydrogens is 245 g/mol. The molecule has 2 N–H and O–H groups in total. The maximum atomic E-state index is 13.2. The summed E-state index contributed by atoms with van der Waals surface area (Å²) in [5, 5.41) is 6.05. The molecule has 0 saturated heterocycles. The molecule has 2 heterocycles. The average molecular weight is 257 g/mol. The molecule has 0 atom stereocenters. The Morgan fingerprint density at radius 3 is 3.00 bits per heavy atom. The summed E-state index contributed by atoms with van der Waals surface area (Å²) in [6, 6.07) is 6.22. The van der Waals surface area contributed by atoms with Gasteiger partial charge in [-0.3, -0.25) is 0 Å². The Labute approximate surface area is 109 Å². The topological polar surface area (TPSA) is 54.2 Å². The molecule has 3 aromatic rings. The molecule has 0 saturated carbocycles. The number of imidazole rings is 1. The normalized spacial score (nSPS) is 10.6. The van der Waals surface area contributed by atoms with E-state index in [4.69, 9.17) is 0 Å². The molecule has 19 heavy (non-hydrogen) atoms. The Morgan fingerprint density at radius 2 is 2.21 bits per heavy atom. The van der Waals surface area contributed by atoms with E-state index < -0.39 is 0 Å². The van der Waals surface area contributed by atoms with Gasteiger partial charge in [0, 0.05) is 25.1 Å². The second-order valence-corrected chi connectivity index (χ2v) is 4.02. The fourth-order valence-electron chi connectivity index (χ4n) is 1.84. The van der Waals surface area contributed by atoms with E-state index >= 15 is 0 Å². The number of benzene rings is 1. The maximum absolute atomic E-state index is 13.2. The molecule has 0 fully saturated rings. The van der Waals surface area contributed by atoms with Gasteiger partial charge in [0.2, 0.25) is 0 Å². The van der Waals surface area contributed by atoms with Gasteiger partial charge in [-0.25, -0.2) is 14.4 Å². The number of halogens is 1. The Morgan fingerprint density at radius 1 is 1.32 bits per heavy atom. The zero-order valence-electron chi connectivity index (χ0n) is 10.3. The van der Waals surface area contributed by atoms with Gasteiger partial charge in [-0.2, -0.15) is 0 Å². The predicted molar refractivity (Wildman–Crippen MR) is 72.2 cm³/mol. The molecule has 2 aromatic heterocycles. The lowest BCUT2D eigenvalue weighted by Crippen LogP contribution is -2.02. The fraction of sp³-hybridized carbons (Fsp3) is 0.0769. The van der Waals surface area contributed by atoms with Crippen LogP contribution in [-0.4, -0.2) is 21.4 Å². The third-order valence-corrected chi connectivity index (χ3v) is 2.72. The van der Waals surface area contributed by atoms with Crippen molar-refractivity contribution in [2.75, 3.05) is 17.7 Å². The average Bonchev–Trinajstić information content (AvgIpc) is 2.87. The van der Waals surface area contributed by atoms with E-state index in [0.717, 1.165) is 0 Å². The number of hydrogen-bond acceptors (Lipinski definition) is 4. The minimum Gasteiger partial charge on any atom is -0.372 e. The van der Waals surface area contributed by atoms with Crippen LogP contribution in [-0.2, 0) is 0 Å². The zero-order valence-corrected chi connectivity index (χ0v) is 10.3. The number of nitrogens with zero attached hydrogens (tertiary/aromatic N) is 3. The Bertz CT molecular complexity index is 722. The zero-order chi connectivity index (χ0) is 13.2. The van der Waals surface area contributed by atoms with Gasteiger partial charge in [0.1, 0.15) is 11.6 Å². The Hall–Kier alpha value is -2.63. The highest BCUT2D eigenvalue weighted by Crippen LogP contribution is 2.21. The van der Waals surface area contributed by atoms with E-state index in [0.29, 0.717) is 23.0 Å². The first kappa shape index (κ1) is 11.5. The highest BCUT2D eigenvalue weighted by Gasteiger charge is 2.07. The van der Waals surface area contributed by atoms with E-state index in [1.807, 2.05) is 16.8 Å². The molecule has 3 rings (SSSR count). The molecule has 0 amide bonds. The summed E-state index contributed by atoms with van der Waals surface area (Å²) in [4.78, 5) is 8.62. The van der Waals surface area contributed by atoms with E-state index in [-0.39, 0.29) is 5.82 Å². The Kier molecular flexibility index (Phi) is 2.75. The molecule has 1 aromatic carbocycles. The summed E-state index contributed by atoms with van der Waals surface area (Å²) in [6.45, 7) is 0. The second-order valence-electron chi connectivity index (χ2n) is 4.02. The summed E-state index contributed by atoms with van der Waals surface area (Å²) in [7, 11) is 1.79. The van der Waals surface area contributed by atoms with Gasteiger partial charge in [-0.15, -0.1) is 0 Å². The lowest BCUT2D eigenvalue weighted by molar-refractivity contribution is 0.628. The number of anilines is 3. The van der Waals surface area contributed by atoms with Gasteiger partial charge in [0.25, 0.3) is 0 Å². The molecule has 0 unspecified atom stereocenters. The first-order valence-corrected chi connectivity index (χ1v) is 5.80. The first-order valence-electron chi connectivity index (χ1n) is 5.80. The van der Waals surface area contributed by atoms with E-state index in [2.05, 4.69) is 20.6 Å². The largest absolute Gasteiger partial charge is 0.372 e. The summed E-state index contributed by atoms with van der Waals surface area (Å²) in [5.41, 5.74) is 1.31. The summed E-state index contributed by atoms with van der Waals surface area (Å²) in [5.74, 6) is 0.973. The van der Waals surface area contributed by atoms with E-state index in [1.54, 1.807) is 25.4 Å². The highest BCUT2D eigenvalue weighted by atomic mass is 19.1. The molecule has 0 aliphatic carbocycles. The third kappa shape index (κ3) is 2.20. The number of rotatable bonds is 3. The van der Waals surface area contributed by atoms with Gasteiger partial charge in [-0.05, 0) is 18.2 Å². The smallest absolute Gasteiger partial charge is 0.180 e. The van der Waals surface area contributed by atoms with Crippen molar-refractivity contribution < 1.29 is 4.39 Å². The van der Waals surface area contributed by atoms with Crippen LogP contribution in [0.15, 0.2) is 42.9 Å². The first-order chi connectivity index (χ1) is 9.26. The molecule has 96 valence electrons. The predicted octanol–water partition coefficient (Wildman–Crippen LogP) is 2.65. The second kappa shape index (κ2) is 4.56. The molecule has 0 spiro atoms. The van der Waals surface area contributed by atoms with Crippen molar-refractivity contribution in [3.63, 3.8) is 0 Å². The van der Waals surface area contributed by atoms with Crippen molar-refractivity contribution in [2.24, 2.45) is 0 Å². The van der Waals surface area contributed by atoms with Crippen LogP contribution < -0.4 is 10.6 Å². The number of fused-ring (bicyclic) bond motifs is 1. The Balaban J connectivity index is 2.06. The van der Waals surface area contributed by atoms with Crippen LogP contribution in [0.3, 0.4) is 0 Å². The van der Waals surface area contributed by atoms with Gasteiger partial charge in [0.05, 0.1) is 6.20 Å². The van der Waals surface area contributed by atoms with Gasteiger partial charge in [0.15, 0.2) is 11.5 Å². The summed E-state index contributed by atoms with van der Waals surface area (Å²) < 4.78 is 15.0. The molecule has 0 radical (unpaired) electrons. The van der Waals surface area contributed by atoms with Crippen molar-refractivity contribution >= 4 is 23.0 Å². The van der Waals surface area contributed by atoms with E-state index in [9.17, 15) is 4.39 Å². The standard InChI is InChI=1S/C13H12FN5/c1-15-11-8-19-6-5-16-13(19)12(18-11)17-10-4-2-3-9(14)7-10/h2-8,15H,1H3,(H,17,18). The highest BCUT2D eigenvalue weighted by molar-refractivity contribution is 5.71. The SMILES string of the molecule is CNc1cn2ccnc2c(Nc2cccc(F)c2)n1. The number of hydrogen-bond donors (Lipinski definition) is 2. The molecule has 0 aliphatic heterocycles. The summed E-state index contributed by atoms with van der Waals surface area (Å²) in [6.07, 6.45) is 5.35. The lowest BCUT2D eigenvalue weighted by atomic mass is 10.3. The van der Waals surface area contributed by atoms with Crippen molar-refractivity contribution in [3.8, 4) is 0 Å². The van der Waals surface area contributed by atoms with Crippen LogP contribution in [0.5, 0.6) is 0 Å². The van der Waals surface area contributed by atoms with Crippen LogP contribution in [0.2, 0.25) is 0 Å². The molecule has 6 heteroatoms. The fourth-order valence-corrected chi connectivity index (χ4v) is 1.84. The molecule has 0 aliphatic rings. The van der Waals surface area contributed by atoms with Crippen molar-refractivity contribution in [3.05, 3.63) is 48.7 Å². The maximum Gasteiger partial charge on any atom is 0.180 e. The van der Waals surface area contributed by atoms with E-state index in [1.165, 1.54) is 12.1 Å². The van der Waals surface area contributed by atoms with Crippen molar-refractivity contribution in [2.45, 2.75) is 0 Å². The van der Waals surface area contributed by atoms with Gasteiger partial charge in [-0.1, -0.05) is 6.07 Å².